The Labute approximate surface area is 66.8 Å². The van der Waals surface area contributed by atoms with Crippen LogP contribution in [0.5, 0.6) is 0 Å². The standard InChI is InChI=1S/C9H13NO/c1-10-6-5-9(8-10)4-2-3-7-11/h5-8H,2-4H2,1H3. The molecule has 0 aliphatic rings. The first-order valence-corrected chi connectivity index (χ1v) is 3.87. The van der Waals surface area contributed by atoms with Crippen LogP contribution in [0.3, 0.4) is 0 Å². The fraction of sp³-hybridized carbons (Fsp3) is 0.444. The van der Waals surface area contributed by atoms with Gasteiger partial charge in [0.1, 0.15) is 6.29 Å². The topological polar surface area (TPSA) is 22.0 Å². The molecule has 0 bridgehead atoms. The van der Waals surface area contributed by atoms with Crippen LogP contribution in [0.25, 0.3) is 0 Å². The maximum atomic E-state index is 10.00. The van der Waals surface area contributed by atoms with E-state index in [0.717, 1.165) is 19.1 Å². The summed E-state index contributed by atoms with van der Waals surface area (Å²) in [6.45, 7) is 0. The summed E-state index contributed by atoms with van der Waals surface area (Å²) in [5.74, 6) is 0. The van der Waals surface area contributed by atoms with Gasteiger partial charge in [0, 0.05) is 25.9 Å². The lowest BCUT2D eigenvalue weighted by atomic mass is 10.1. The zero-order valence-corrected chi connectivity index (χ0v) is 6.79. The first kappa shape index (κ1) is 8.05. The molecule has 1 rings (SSSR count). The fourth-order valence-corrected chi connectivity index (χ4v) is 1.10. The van der Waals surface area contributed by atoms with Crippen molar-refractivity contribution >= 4 is 6.29 Å². The van der Waals surface area contributed by atoms with E-state index in [1.807, 2.05) is 17.8 Å². The minimum atomic E-state index is 0.675. The summed E-state index contributed by atoms with van der Waals surface area (Å²) in [6, 6.07) is 2.09. The van der Waals surface area contributed by atoms with E-state index in [-0.39, 0.29) is 0 Å². The summed E-state index contributed by atoms with van der Waals surface area (Å²) in [6.07, 6.45) is 7.74. The van der Waals surface area contributed by atoms with Crippen LogP contribution in [0.4, 0.5) is 0 Å². The number of nitrogens with zero attached hydrogens (tertiary/aromatic N) is 1. The predicted octanol–water partition coefficient (Wildman–Crippen LogP) is 1.55. The average Bonchev–Trinajstić information content (AvgIpc) is 2.37. The Balaban J connectivity index is 2.32. The van der Waals surface area contributed by atoms with E-state index in [1.165, 1.54) is 5.56 Å². The molecule has 0 aliphatic carbocycles. The Kier molecular flexibility index (Phi) is 2.90. The molecule has 0 N–H and O–H groups in total. The van der Waals surface area contributed by atoms with Gasteiger partial charge in [-0.2, -0.15) is 0 Å². The van der Waals surface area contributed by atoms with E-state index in [9.17, 15) is 4.79 Å². The van der Waals surface area contributed by atoms with Gasteiger partial charge in [-0.1, -0.05) is 0 Å². The lowest BCUT2D eigenvalue weighted by molar-refractivity contribution is -0.107. The van der Waals surface area contributed by atoms with Crippen LogP contribution in [-0.2, 0) is 18.3 Å². The molecular weight excluding hydrogens is 138 g/mol. The van der Waals surface area contributed by atoms with E-state index in [4.69, 9.17) is 0 Å². The number of unbranched alkanes of at least 4 members (excludes halogenated alkanes) is 1. The normalized spacial score (nSPS) is 9.91. The van der Waals surface area contributed by atoms with Crippen molar-refractivity contribution < 1.29 is 4.79 Å². The van der Waals surface area contributed by atoms with Crippen molar-refractivity contribution in [3.63, 3.8) is 0 Å². The van der Waals surface area contributed by atoms with Gasteiger partial charge in [0.2, 0.25) is 0 Å². The molecule has 0 unspecified atom stereocenters. The van der Waals surface area contributed by atoms with E-state index in [0.29, 0.717) is 6.42 Å². The van der Waals surface area contributed by atoms with E-state index in [2.05, 4.69) is 12.3 Å². The molecule has 0 spiro atoms. The minimum absolute atomic E-state index is 0.675. The lowest BCUT2D eigenvalue weighted by Gasteiger charge is -1.91. The Morgan fingerprint density at radius 2 is 2.45 bits per heavy atom. The Morgan fingerprint density at radius 3 is 3.00 bits per heavy atom. The molecule has 2 nitrogen and oxygen atoms in total. The van der Waals surface area contributed by atoms with Gasteiger partial charge in [0.25, 0.3) is 0 Å². The van der Waals surface area contributed by atoms with Gasteiger partial charge in [-0.25, -0.2) is 0 Å². The molecular formula is C9H13NO. The number of aldehydes is 1. The number of rotatable bonds is 4. The maximum Gasteiger partial charge on any atom is 0.120 e. The first-order chi connectivity index (χ1) is 5.33. The molecule has 0 aromatic carbocycles. The molecule has 0 saturated carbocycles. The Hall–Kier alpha value is -1.05. The van der Waals surface area contributed by atoms with Crippen LogP contribution in [-0.4, -0.2) is 10.9 Å². The van der Waals surface area contributed by atoms with Gasteiger partial charge in [-0.15, -0.1) is 0 Å². The van der Waals surface area contributed by atoms with Crippen LogP contribution in [0, 0.1) is 0 Å². The van der Waals surface area contributed by atoms with Crippen molar-refractivity contribution in [2.45, 2.75) is 19.3 Å². The lowest BCUT2D eigenvalue weighted by Crippen LogP contribution is -1.84. The van der Waals surface area contributed by atoms with Gasteiger partial charge < -0.3 is 9.36 Å². The molecule has 1 aromatic heterocycles. The van der Waals surface area contributed by atoms with Crippen molar-refractivity contribution in [2.24, 2.45) is 7.05 Å². The third-order valence-corrected chi connectivity index (χ3v) is 1.68. The Morgan fingerprint density at radius 1 is 1.64 bits per heavy atom. The number of aromatic nitrogens is 1. The summed E-state index contributed by atoms with van der Waals surface area (Å²) in [5.41, 5.74) is 1.31. The maximum absolute atomic E-state index is 10.00. The van der Waals surface area contributed by atoms with Crippen molar-refractivity contribution in [1.29, 1.82) is 0 Å². The van der Waals surface area contributed by atoms with Crippen molar-refractivity contribution in [2.75, 3.05) is 0 Å². The number of carbonyl (C=O) groups is 1. The van der Waals surface area contributed by atoms with Gasteiger partial charge in [-0.3, -0.25) is 0 Å². The first-order valence-electron chi connectivity index (χ1n) is 3.87. The predicted molar refractivity (Wildman–Crippen MR) is 44.4 cm³/mol. The number of aryl methyl sites for hydroxylation is 2. The molecule has 60 valence electrons. The number of hydrogen-bond acceptors (Lipinski definition) is 1. The summed E-state index contributed by atoms with van der Waals surface area (Å²) in [5, 5.41) is 0. The highest BCUT2D eigenvalue weighted by molar-refractivity contribution is 5.49. The summed E-state index contributed by atoms with van der Waals surface area (Å²) in [4.78, 5) is 10.00. The molecule has 1 heterocycles. The summed E-state index contributed by atoms with van der Waals surface area (Å²) in [7, 11) is 2.00. The third kappa shape index (κ3) is 2.58. The quantitative estimate of drug-likeness (QED) is 0.472. The van der Waals surface area contributed by atoms with Gasteiger partial charge in [-0.05, 0) is 24.5 Å². The molecule has 0 aliphatic heterocycles. The van der Waals surface area contributed by atoms with E-state index in [1.54, 1.807) is 0 Å². The van der Waals surface area contributed by atoms with Gasteiger partial charge in [0.15, 0.2) is 0 Å². The van der Waals surface area contributed by atoms with Crippen molar-refractivity contribution in [3.8, 4) is 0 Å². The molecule has 0 atom stereocenters. The highest BCUT2D eigenvalue weighted by Crippen LogP contribution is 2.03. The monoisotopic (exact) mass is 151 g/mol. The second-order valence-electron chi connectivity index (χ2n) is 2.74. The van der Waals surface area contributed by atoms with Gasteiger partial charge in [0.05, 0.1) is 0 Å². The van der Waals surface area contributed by atoms with Crippen LogP contribution < -0.4 is 0 Å². The van der Waals surface area contributed by atoms with Crippen molar-refractivity contribution in [3.05, 3.63) is 24.0 Å². The second kappa shape index (κ2) is 3.96. The second-order valence-corrected chi connectivity index (χ2v) is 2.74. The SMILES string of the molecule is Cn1ccc(CCCC=O)c1. The molecule has 1 aromatic rings. The van der Waals surface area contributed by atoms with E-state index >= 15 is 0 Å². The molecule has 11 heavy (non-hydrogen) atoms. The molecule has 0 amide bonds. The fourth-order valence-electron chi connectivity index (χ4n) is 1.10. The minimum Gasteiger partial charge on any atom is -0.357 e. The number of hydrogen-bond donors (Lipinski definition) is 0. The van der Waals surface area contributed by atoms with Crippen LogP contribution >= 0.6 is 0 Å². The molecule has 2 heteroatoms. The average molecular weight is 151 g/mol. The summed E-state index contributed by atoms with van der Waals surface area (Å²) < 4.78 is 2.02. The smallest absolute Gasteiger partial charge is 0.120 e. The van der Waals surface area contributed by atoms with Crippen LogP contribution in [0.15, 0.2) is 18.5 Å². The zero-order chi connectivity index (χ0) is 8.10. The number of carbonyl (C=O) groups excluding carboxylic acids is 1. The third-order valence-electron chi connectivity index (χ3n) is 1.68. The van der Waals surface area contributed by atoms with E-state index < -0.39 is 0 Å². The van der Waals surface area contributed by atoms with Crippen LogP contribution in [0.1, 0.15) is 18.4 Å². The molecule has 0 fully saturated rings. The largest absolute Gasteiger partial charge is 0.357 e. The molecule has 0 radical (unpaired) electrons. The van der Waals surface area contributed by atoms with Gasteiger partial charge >= 0.3 is 0 Å². The highest BCUT2D eigenvalue weighted by Gasteiger charge is 1.93. The van der Waals surface area contributed by atoms with Crippen molar-refractivity contribution in [1.82, 2.24) is 4.57 Å². The Bertz CT molecular complexity index is 227. The van der Waals surface area contributed by atoms with Crippen LogP contribution in [0.2, 0.25) is 0 Å². The zero-order valence-electron chi connectivity index (χ0n) is 6.79. The molecule has 0 saturated heterocycles. The highest BCUT2D eigenvalue weighted by atomic mass is 16.1. The summed E-state index contributed by atoms with van der Waals surface area (Å²) >= 11 is 0.